The molecular formula is C23H23N5O2S. The Kier molecular flexibility index (Phi) is 7.00. The second kappa shape index (κ2) is 9.87. The SMILES string of the molecule is CC(C)c1ccc(S(=O)(=O)c2ccc(CNC(=NC#N)Nc3ccncc3)cc2)cc1. The summed E-state index contributed by atoms with van der Waals surface area (Å²) in [5.41, 5.74) is 2.67. The highest BCUT2D eigenvalue weighted by Crippen LogP contribution is 2.23. The highest BCUT2D eigenvalue weighted by molar-refractivity contribution is 7.91. The van der Waals surface area contributed by atoms with Crippen LogP contribution in [0, 0.1) is 11.5 Å². The summed E-state index contributed by atoms with van der Waals surface area (Å²) in [6.45, 7) is 4.49. The molecule has 31 heavy (non-hydrogen) atoms. The van der Waals surface area contributed by atoms with Gasteiger partial charge in [-0.2, -0.15) is 5.26 Å². The van der Waals surface area contributed by atoms with Crippen molar-refractivity contribution in [2.24, 2.45) is 4.99 Å². The number of pyridine rings is 1. The minimum Gasteiger partial charge on any atom is -0.351 e. The van der Waals surface area contributed by atoms with Gasteiger partial charge in [0.1, 0.15) is 0 Å². The molecular weight excluding hydrogens is 410 g/mol. The first-order valence-corrected chi connectivity index (χ1v) is 11.2. The molecule has 1 heterocycles. The van der Waals surface area contributed by atoms with Gasteiger partial charge >= 0.3 is 0 Å². The number of hydrogen-bond donors (Lipinski definition) is 2. The van der Waals surface area contributed by atoms with Crippen molar-refractivity contribution >= 4 is 21.5 Å². The summed E-state index contributed by atoms with van der Waals surface area (Å²) >= 11 is 0. The molecule has 0 aliphatic rings. The molecule has 8 heteroatoms. The highest BCUT2D eigenvalue weighted by atomic mass is 32.2. The van der Waals surface area contributed by atoms with Gasteiger partial charge in [-0.3, -0.25) is 4.98 Å². The first kappa shape index (κ1) is 22.0. The van der Waals surface area contributed by atoms with Gasteiger partial charge in [0.2, 0.25) is 22.0 Å². The molecule has 0 radical (unpaired) electrons. The molecule has 0 saturated heterocycles. The third-order valence-corrected chi connectivity index (χ3v) is 6.44. The number of sulfone groups is 1. The molecule has 158 valence electrons. The maximum atomic E-state index is 12.9. The monoisotopic (exact) mass is 433 g/mol. The van der Waals surface area contributed by atoms with Gasteiger partial charge in [-0.05, 0) is 53.4 Å². The predicted molar refractivity (Wildman–Crippen MR) is 120 cm³/mol. The van der Waals surface area contributed by atoms with Gasteiger partial charge in [-0.25, -0.2) is 8.42 Å². The molecule has 2 aromatic carbocycles. The fourth-order valence-electron chi connectivity index (χ4n) is 2.87. The predicted octanol–water partition coefficient (Wildman–Crippen LogP) is 4.08. The number of nitrogens with one attached hydrogen (secondary N) is 2. The van der Waals surface area contributed by atoms with E-state index in [4.69, 9.17) is 5.26 Å². The zero-order valence-corrected chi connectivity index (χ0v) is 18.1. The van der Waals surface area contributed by atoms with Crippen LogP contribution in [0.2, 0.25) is 0 Å². The molecule has 0 atom stereocenters. The third kappa shape index (κ3) is 5.68. The first-order valence-electron chi connectivity index (χ1n) is 9.72. The van der Waals surface area contributed by atoms with E-state index in [1.54, 1.807) is 67.1 Å². The van der Waals surface area contributed by atoms with Crippen LogP contribution in [0.4, 0.5) is 5.69 Å². The van der Waals surface area contributed by atoms with Gasteiger partial charge in [0.25, 0.3) is 0 Å². The van der Waals surface area contributed by atoms with E-state index in [1.165, 1.54) is 0 Å². The minimum absolute atomic E-state index is 0.231. The van der Waals surface area contributed by atoms with Crippen molar-refractivity contribution in [3.63, 3.8) is 0 Å². The lowest BCUT2D eigenvalue weighted by molar-refractivity contribution is 0.596. The van der Waals surface area contributed by atoms with Crippen molar-refractivity contribution < 1.29 is 8.42 Å². The number of nitriles is 1. The lowest BCUT2D eigenvalue weighted by atomic mass is 10.0. The fraction of sp³-hybridized carbons (Fsp3) is 0.174. The van der Waals surface area contributed by atoms with Gasteiger partial charge in [0.05, 0.1) is 9.79 Å². The molecule has 3 aromatic rings. The number of rotatable bonds is 6. The smallest absolute Gasteiger partial charge is 0.212 e. The first-order chi connectivity index (χ1) is 14.9. The van der Waals surface area contributed by atoms with Gasteiger partial charge in [0, 0.05) is 24.6 Å². The zero-order valence-electron chi connectivity index (χ0n) is 17.3. The van der Waals surface area contributed by atoms with Crippen molar-refractivity contribution in [3.05, 3.63) is 84.2 Å². The summed E-state index contributed by atoms with van der Waals surface area (Å²) in [5, 5.41) is 14.9. The summed E-state index contributed by atoms with van der Waals surface area (Å²) in [6, 6.07) is 17.1. The molecule has 0 saturated carbocycles. The average molecular weight is 434 g/mol. The topological polar surface area (TPSA) is 107 Å². The normalized spacial score (nSPS) is 11.7. The molecule has 0 aliphatic carbocycles. The van der Waals surface area contributed by atoms with Gasteiger partial charge in [-0.15, -0.1) is 4.99 Å². The van der Waals surface area contributed by atoms with Crippen LogP contribution in [0.3, 0.4) is 0 Å². The van der Waals surface area contributed by atoms with E-state index in [9.17, 15) is 8.42 Å². The number of anilines is 1. The van der Waals surface area contributed by atoms with Crippen LogP contribution in [0.5, 0.6) is 0 Å². The molecule has 0 aliphatic heterocycles. The van der Waals surface area contributed by atoms with Crippen LogP contribution in [0.15, 0.2) is 87.8 Å². The Bertz CT molecular complexity index is 1180. The van der Waals surface area contributed by atoms with E-state index in [-0.39, 0.29) is 15.8 Å². The average Bonchev–Trinajstić information content (AvgIpc) is 2.78. The van der Waals surface area contributed by atoms with E-state index in [0.717, 1.165) is 16.8 Å². The summed E-state index contributed by atoms with van der Waals surface area (Å²) in [4.78, 5) is 8.18. The van der Waals surface area contributed by atoms with Crippen molar-refractivity contribution in [2.75, 3.05) is 5.32 Å². The summed E-state index contributed by atoms with van der Waals surface area (Å²) in [5.74, 6) is 0.627. The molecule has 0 fully saturated rings. The van der Waals surface area contributed by atoms with Crippen molar-refractivity contribution in [1.29, 1.82) is 5.26 Å². The fourth-order valence-corrected chi connectivity index (χ4v) is 4.13. The molecule has 0 bridgehead atoms. The Morgan fingerprint density at radius 2 is 1.58 bits per heavy atom. The maximum absolute atomic E-state index is 12.9. The molecule has 0 amide bonds. The van der Waals surface area contributed by atoms with Crippen LogP contribution in [-0.2, 0) is 16.4 Å². The van der Waals surface area contributed by atoms with Gasteiger partial charge in [-0.1, -0.05) is 38.1 Å². The minimum atomic E-state index is -3.58. The van der Waals surface area contributed by atoms with Crippen LogP contribution in [0.1, 0.15) is 30.9 Å². The Hall–Kier alpha value is -3.70. The molecule has 1 aromatic heterocycles. The maximum Gasteiger partial charge on any atom is 0.212 e. The number of hydrogen-bond acceptors (Lipinski definition) is 5. The summed E-state index contributed by atoms with van der Waals surface area (Å²) < 4.78 is 25.8. The van der Waals surface area contributed by atoms with E-state index >= 15 is 0 Å². The number of guanidine groups is 1. The van der Waals surface area contributed by atoms with E-state index in [2.05, 4.69) is 34.5 Å². The Labute approximate surface area is 182 Å². The summed E-state index contributed by atoms with van der Waals surface area (Å²) in [6.07, 6.45) is 5.00. The van der Waals surface area contributed by atoms with Crippen molar-refractivity contribution in [3.8, 4) is 6.19 Å². The van der Waals surface area contributed by atoms with Crippen LogP contribution in [-0.4, -0.2) is 19.4 Å². The van der Waals surface area contributed by atoms with Crippen LogP contribution < -0.4 is 10.6 Å². The quantitative estimate of drug-likeness (QED) is 0.345. The van der Waals surface area contributed by atoms with Crippen LogP contribution >= 0.6 is 0 Å². The van der Waals surface area contributed by atoms with Crippen LogP contribution in [0.25, 0.3) is 0 Å². The Morgan fingerprint density at radius 1 is 1.00 bits per heavy atom. The number of nitrogens with zero attached hydrogens (tertiary/aromatic N) is 3. The highest BCUT2D eigenvalue weighted by Gasteiger charge is 2.17. The third-order valence-electron chi connectivity index (χ3n) is 4.66. The van der Waals surface area contributed by atoms with E-state index in [0.29, 0.717) is 12.5 Å². The summed E-state index contributed by atoms with van der Waals surface area (Å²) in [7, 11) is -3.58. The largest absolute Gasteiger partial charge is 0.351 e. The number of aromatic nitrogens is 1. The van der Waals surface area contributed by atoms with Crippen molar-refractivity contribution in [2.45, 2.75) is 36.1 Å². The zero-order chi connectivity index (χ0) is 22.3. The lowest BCUT2D eigenvalue weighted by Gasteiger charge is -2.12. The second-order valence-corrected chi connectivity index (χ2v) is 9.10. The second-order valence-electron chi connectivity index (χ2n) is 7.15. The lowest BCUT2D eigenvalue weighted by Crippen LogP contribution is -2.30. The molecule has 7 nitrogen and oxygen atoms in total. The Morgan fingerprint density at radius 3 is 2.13 bits per heavy atom. The van der Waals surface area contributed by atoms with Crippen molar-refractivity contribution in [1.82, 2.24) is 10.3 Å². The van der Waals surface area contributed by atoms with E-state index < -0.39 is 9.84 Å². The standard InChI is InChI=1S/C23H23N5O2S/c1-17(2)19-5-9-22(10-6-19)31(29,30)21-7-3-18(4-8-21)15-26-23(27-16-24)28-20-11-13-25-14-12-20/h3-14,17H,15H2,1-2H3,(H2,25,26,27,28). The molecule has 2 N–H and O–H groups in total. The number of aliphatic imine (C=N–C) groups is 1. The molecule has 0 spiro atoms. The number of benzene rings is 2. The Balaban J connectivity index is 1.69. The molecule has 3 rings (SSSR count). The van der Waals surface area contributed by atoms with Gasteiger partial charge < -0.3 is 10.6 Å². The molecule has 0 unspecified atom stereocenters. The van der Waals surface area contributed by atoms with E-state index in [1.807, 2.05) is 12.1 Å². The van der Waals surface area contributed by atoms with Gasteiger partial charge in [0.15, 0.2) is 0 Å².